The second-order valence-corrected chi connectivity index (χ2v) is 10.1. The third-order valence-corrected chi connectivity index (χ3v) is 7.43. The highest BCUT2D eigenvalue weighted by Gasteiger charge is 2.18. The lowest BCUT2D eigenvalue weighted by Crippen LogP contribution is -2.30. The number of aromatic nitrogens is 7. The number of hydrogen-bond acceptors (Lipinski definition) is 7. The van der Waals surface area contributed by atoms with Gasteiger partial charge < -0.3 is 15.6 Å². The van der Waals surface area contributed by atoms with Gasteiger partial charge in [0.25, 0.3) is 0 Å². The van der Waals surface area contributed by atoms with E-state index in [9.17, 15) is 4.79 Å². The molecule has 4 N–H and O–H groups in total. The molecule has 0 atom stereocenters. The zero-order chi connectivity index (χ0) is 26.9. The van der Waals surface area contributed by atoms with Gasteiger partial charge >= 0.3 is 0 Å². The molecule has 1 amide bonds. The van der Waals surface area contributed by atoms with E-state index in [2.05, 4.69) is 51.8 Å². The molecule has 1 aliphatic rings. The molecule has 1 aliphatic heterocycles. The number of carbonyl (C=O) groups is 1. The van der Waals surface area contributed by atoms with E-state index in [4.69, 9.17) is 0 Å². The summed E-state index contributed by atoms with van der Waals surface area (Å²) in [7, 11) is 0. The molecule has 0 unspecified atom stereocenters. The molecule has 1 fully saturated rings. The normalized spacial score (nSPS) is 14.1. The molecule has 7 heterocycles. The van der Waals surface area contributed by atoms with Crippen molar-refractivity contribution in [1.29, 1.82) is 0 Å². The van der Waals surface area contributed by atoms with Crippen LogP contribution in [-0.2, 0) is 4.79 Å². The molecule has 0 saturated carbocycles. The van der Waals surface area contributed by atoms with Crippen LogP contribution in [0.3, 0.4) is 0 Å². The minimum atomic E-state index is 0.0175. The van der Waals surface area contributed by atoms with Crippen LogP contribution < -0.4 is 10.6 Å². The van der Waals surface area contributed by atoms with Crippen molar-refractivity contribution < 1.29 is 4.79 Å². The summed E-state index contributed by atoms with van der Waals surface area (Å²) >= 11 is 0. The molecule has 6 aromatic heterocycles. The van der Waals surface area contributed by atoms with Crippen molar-refractivity contribution in [2.45, 2.75) is 19.3 Å². The van der Waals surface area contributed by atoms with E-state index in [-0.39, 0.29) is 5.91 Å². The maximum absolute atomic E-state index is 12.7. The van der Waals surface area contributed by atoms with Gasteiger partial charge in [-0.1, -0.05) is 6.07 Å². The van der Waals surface area contributed by atoms with Gasteiger partial charge in [-0.2, -0.15) is 5.10 Å². The predicted molar refractivity (Wildman–Crippen MR) is 154 cm³/mol. The van der Waals surface area contributed by atoms with Gasteiger partial charge in [0.2, 0.25) is 5.91 Å². The Bertz CT molecular complexity index is 1820. The topological polar surface area (TPSA) is 137 Å². The first-order chi connectivity index (χ1) is 19.7. The number of rotatable bonds is 6. The fourth-order valence-corrected chi connectivity index (χ4v) is 5.39. The van der Waals surface area contributed by atoms with Crippen LogP contribution in [0.1, 0.15) is 19.3 Å². The molecule has 0 radical (unpaired) electrons. The maximum atomic E-state index is 12.7. The van der Waals surface area contributed by atoms with E-state index in [0.29, 0.717) is 18.0 Å². The number of carbonyl (C=O) groups excluding carboxylic acids is 1. The Balaban J connectivity index is 1.19. The number of fused-ring (bicyclic) bond motifs is 2. The number of nitrogens with zero attached hydrogens (tertiary/aromatic N) is 5. The predicted octanol–water partition coefficient (Wildman–Crippen LogP) is 4.95. The summed E-state index contributed by atoms with van der Waals surface area (Å²) in [5, 5.41) is 15.9. The van der Waals surface area contributed by atoms with Gasteiger partial charge in [-0.25, -0.2) is 4.98 Å². The quantitative estimate of drug-likeness (QED) is 0.239. The average molecular weight is 530 g/mol. The summed E-state index contributed by atoms with van der Waals surface area (Å²) in [6, 6.07) is 13.8. The third kappa shape index (κ3) is 4.69. The number of pyridine rings is 4. The molecule has 10 heteroatoms. The minimum Gasteiger partial charge on any atom is -0.338 e. The van der Waals surface area contributed by atoms with Crippen molar-refractivity contribution in [3.63, 3.8) is 0 Å². The van der Waals surface area contributed by atoms with Gasteiger partial charge in [0.1, 0.15) is 11.3 Å². The molecule has 0 aromatic carbocycles. The Labute approximate surface area is 229 Å². The van der Waals surface area contributed by atoms with Gasteiger partial charge in [-0.3, -0.25) is 24.8 Å². The van der Waals surface area contributed by atoms with Gasteiger partial charge in [0.05, 0.1) is 40.7 Å². The monoisotopic (exact) mass is 529 g/mol. The Hall–Kier alpha value is -4.96. The van der Waals surface area contributed by atoms with Crippen LogP contribution in [0.15, 0.2) is 73.4 Å². The number of anilines is 1. The van der Waals surface area contributed by atoms with Crippen molar-refractivity contribution in [2.24, 2.45) is 5.92 Å². The van der Waals surface area contributed by atoms with Crippen LogP contribution in [0.25, 0.3) is 55.8 Å². The van der Waals surface area contributed by atoms with E-state index in [1.807, 2.05) is 36.4 Å². The van der Waals surface area contributed by atoms with Crippen molar-refractivity contribution in [3.8, 4) is 33.9 Å². The zero-order valence-electron chi connectivity index (χ0n) is 21.7. The minimum absolute atomic E-state index is 0.0175. The summed E-state index contributed by atoms with van der Waals surface area (Å²) in [4.78, 5) is 34.1. The van der Waals surface area contributed by atoms with Crippen LogP contribution in [-0.4, -0.2) is 54.1 Å². The largest absolute Gasteiger partial charge is 0.338 e. The van der Waals surface area contributed by atoms with Gasteiger partial charge in [0.15, 0.2) is 0 Å². The van der Waals surface area contributed by atoms with Crippen LogP contribution in [0.2, 0.25) is 0 Å². The molecule has 198 valence electrons. The Morgan fingerprint density at radius 3 is 2.73 bits per heavy atom. The van der Waals surface area contributed by atoms with E-state index in [1.54, 1.807) is 31.0 Å². The molecular formula is C30H27N9O. The summed E-state index contributed by atoms with van der Waals surface area (Å²) in [6.07, 6.45) is 11.3. The van der Waals surface area contributed by atoms with Crippen molar-refractivity contribution in [2.75, 3.05) is 18.4 Å². The number of piperidine rings is 1. The third-order valence-electron chi connectivity index (χ3n) is 7.43. The number of hydrogen-bond donors (Lipinski definition) is 4. The Morgan fingerprint density at radius 2 is 1.85 bits per heavy atom. The van der Waals surface area contributed by atoms with Crippen molar-refractivity contribution in [1.82, 2.24) is 40.4 Å². The second kappa shape index (κ2) is 10.3. The number of amides is 1. The fraction of sp³-hybridized carbons (Fsp3) is 0.200. The molecule has 6 aromatic rings. The van der Waals surface area contributed by atoms with Gasteiger partial charge in [-0.15, -0.1) is 0 Å². The first-order valence-electron chi connectivity index (χ1n) is 13.4. The smallest absolute Gasteiger partial charge is 0.224 e. The standard InChI is InChI=1S/C30H27N9O/c40-28(11-18-4-8-31-9-5-18)36-20-12-19(15-32-16-20)25-14-23-27(17-35-25)38-39-29(23)26-13-22-21(6-10-34-30(22)37-26)24-3-1-2-7-33-24/h1-3,6-7,10,12-18,31H,4-5,8-9,11H2,(H,34,37)(H,36,40)(H,38,39). The van der Waals surface area contributed by atoms with Gasteiger partial charge in [-0.05, 0) is 68.2 Å². The van der Waals surface area contributed by atoms with Crippen molar-refractivity contribution in [3.05, 3.63) is 73.4 Å². The van der Waals surface area contributed by atoms with Crippen LogP contribution in [0.4, 0.5) is 5.69 Å². The summed E-state index contributed by atoms with van der Waals surface area (Å²) < 4.78 is 0. The molecule has 0 spiro atoms. The highest BCUT2D eigenvalue weighted by atomic mass is 16.1. The highest BCUT2D eigenvalue weighted by Crippen LogP contribution is 2.33. The van der Waals surface area contributed by atoms with Crippen LogP contribution >= 0.6 is 0 Å². The first-order valence-corrected chi connectivity index (χ1v) is 13.4. The molecule has 10 nitrogen and oxygen atoms in total. The van der Waals surface area contributed by atoms with Crippen LogP contribution in [0, 0.1) is 5.92 Å². The number of H-pyrrole nitrogens is 2. The molecule has 0 aliphatic carbocycles. The lowest BCUT2D eigenvalue weighted by molar-refractivity contribution is -0.117. The van der Waals surface area contributed by atoms with Crippen LogP contribution in [0.5, 0.6) is 0 Å². The highest BCUT2D eigenvalue weighted by molar-refractivity contribution is 6.00. The average Bonchev–Trinajstić information content (AvgIpc) is 3.62. The summed E-state index contributed by atoms with van der Waals surface area (Å²) in [5.74, 6) is 0.435. The van der Waals surface area contributed by atoms with Crippen molar-refractivity contribution >= 4 is 33.5 Å². The van der Waals surface area contributed by atoms with E-state index < -0.39 is 0 Å². The van der Waals surface area contributed by atoms with E-state index in [1.165, 1.54) is 0 Å². The number of nitrogens with one attached hydrogen (secondary N) is 4. The zero-order valence-corrected chi connectivity index (χ0v) is 21.7. The van der Waals surface area contributed by atoms with Gasteiger partial charge in [0, 0.05) is 46.9 Å². The lowest BCUT2D eigenvalue weighted by atomic mass is 9.94. The Kier molecular flexibility index (Phi) is 6.21. The second-order valence-electron chi connectivity index (χ2n) is 10.1. The van der Waals surface area contributed by atoms with E-state index >= 15 is 0 Å². The Morgan fingerprint density at radius 1 is 0.925 bits per heavy atom. The summed E-state index contributed by atoms with van der Waals surface area (Å²) in [6.45, 7) is 1.94. The molecule has 0 bridgehead atoms. The SMILES string of the molecule is O=C(CC1CCNCC1)Nc1cncc(-c2cc3c(-c4cc5c(-c6ccccn6)ccnc5[nH]4)n[nH]c3cn2)c1. The first kappa shape index (κ1) is 24.1. The van der Waals surface area contributed by atoms with E-state index in [0.717, 1.165) is 81.8 Å². The maximum Gasteiger partial charge on any atom is 0.224 e. The molecular weight excluding hydrogens is 502 g/mol. The summed E-state index contributed by atoms with van der Waals surface area (Å²) in [5.41, 5.74) is 7.28. The molecule has 7 rings (SSSR count). The number of aromatic amines is 2. The molecule has 1 saturated heterocycles. The molecule has 40 heavy (non-hydrogen) atoms. The lowest BCUT2D eigenvalue weighted by Gasteiger charge is -2.21. The fourth-order valence-electron chi connectivity index (χ4n) is 5.39.